The van der Waals surface area contributed by atoms with Gasteiger partial charge < -0.3 is 19.5 Å². The number of hydrogen-bond donors (Lipinski definition) is 1. The van der Waals surface area contributed by atoms with Gasteiger partial charge in [0.2, 0.25) is 0 Å². The second-order valence-electron chi connectivity index (χ2n) is 7.59. The summed E-state index contributed by atoms with van der Waals surface area (Å²) in [6.07, 6.45) is 5.60. The molecule has 0 spiro atoms. The summed E-state index contributed by atoms with van der Waals surface area (Å²) in [5.74, 6) is 1.51. The lowest BCUT2D eigenvalue weighted by atomic mass is 9.69. The van der Waals surface area contributed by atoms with Gasteiger partial charge in [-0.05, 0) is 49.7 Å². The summed E-state index contributed by atoms with van der Waals surface area (Å²) in [5, 5.41) is 10.1. The number of rotatable bonds is 5. The number of fused-ring (bicyclic) bond motifs is 1. The Hall–Kier alpha value is -2.30. The molecular formula is C23H27NO3. The van der Waals surface area contributed by atoms with Gasteiger partial charge in [-0.15, -0.1) is 0 Å². The van der Waals surface area contributed by atoms with Crippen LogP contribution in [0.3, 0.4) is 0 Å². The van der Waals surface area contributed by atoms with E-state index in [0.29, 0.717) is 12.6 Å². The van der Waals surface area contributed by atoms with Gasteiger partial charge in [-0.2, -0.15) is 0 Å². The van der Waals surface area contributed by atoms with Crippen molar-refractivity contribution in [3.8, 4) is 11.5 Å². The molecule has 2 aromatic carbocycles. The van der Waals surface area contributed by atoms with Gasteiger partial charge in [-0.25, -0.2) is 0 Å². The van der Waals surface area contributed by atoms with Crippen LogP contribution < -0.4 is 9.47 Å². The monoisotopic (exact) mass is 365 g/mol. The van der Waals surface area contributed by atoms with E-state index in [0.717, 1.165) is 36.4 Å². The van der Waals surface area contributed by atoms with Gasteiger partial charge in [0.1, 0.15) is 6.61 Å². The molecule has 0 radical (unpaired) electrons. The fourth-order valence-corrected chi connectivity index (χ4v) is 4.50. The van der Waals surface area contributed by atoms with Crippen LogP contribution in [0.25, 0.3) is 0 Å². The summed E-state index contributed by atoms with van der Waals surface area (Å²) < 4.78 is 11.7. The average Bonchev–Trinajstić information content (AvgIpc) is 3.04. The van der Waals surface area contributed by atoms with Crippen molar-refractivity contribution in [2.24, 2.45) is 0 Å². The lowest BCUT2D eigenvalue weighted by Crippen LogP contribution is -2.44. The van der Waals surface area contributed by atoms with Gasteiger partial charge in [0, 0.05) is 11.5 Å². The summed E-state index contributed by atoms with van der Waals surface area (Å²) in [6.45, 7) is 1.53. The number of methoxy groups -OCH3 is 1. The lowest BCUT2D eigenvalue weighted by Gasteiger charge is -2.39. The molecule has 1 saturated heterocycles. The minimum Gasteiger partial charge on any atom is -0.493 e. The van der Waals surface area contributed by atoms with Crippen LogP contribution in [0.2, 0.25) is 0 Å². The molecule has 27 heavy (non-hydrogen) atoms. The van der Waals surface area contributed by atoms with Crippen LogP contribution in [0.5, 0.6) is 11.5 Å². The topological polar surface area (TPSA) is 41.9 Å². The standard InChI is InChI=1S/C23H27NO3/c1-24-13-12-23(11-10-19(25)15-22(23)24)18-8-9-20(26-2)21(14-18)27-16-17-6-4-3-5-7-17/h3-11,14,19,22,25H,12-13,15-16H2,1-2H3/t19-,22+,23+/m1/s1. The Balaban J connectivity index is 1.66. The molecule has 1 aliphatic heterocycles. The van der Waals surface area contributed by atoms with E-state index in [-0.39, 0.29) is 11.5 Å². The number of aliphatic hydroxyl groups is 1. The molecule has 3 atom stereocenters. The molecular weight excluding hydrogens is 338 g/mol. The predicted octanol–water partition coefficient (Wildman–Crippen LogP) is 3.54. The smallest absolute Gasteiger partial charge is 0.161 e. The maximum atomic E-state index is 10.1. The highest BCUT2D eigenvalue weighted by atomic mass is 16.5. The molecule has 1 heterocycles. The zero-order valence-corrected chi connectivity index (χ0v) is 16.0. The predicted molar refractivity (Wildman–Crippen MR) is 106 cm³/mol. The minimum atomic E-state index is -0.365. The van der Waals surface area contributed by atoms with E-state index in [1.807, 2.05) is 30.3 Å². The lowest BCUT2D eigenvalue weighted by molar-refractivity contribution is 0.137. The molecule has 0 amide bonds. The first-order valence-electron chi connectivity index (χ1n) is 9.55. The number of likely N-dealkylation sites (N-methyl/N-ethyl adjacent to an activating group) is 1. The van der Waals surface area contributed by atoms with Crippen LogP contribution in [-0.2, 0) is 12.0 Å². The van der Waals surface area contributed by atoms with Crippen LogP contribution in [0.1, 0.15) is 24.0 Å². The molecule has 4 nitrogen and oxygen atoms in total. The summed E-state index contributed by atoms with van der Waals surface area (Å²) >= 11 is 0. The Morgan fingerprint density at radius 2 is 1.96 bits per heavy atom. The van der Waals surface area contributed by atoms with Gasteiger partial charge in [0.15, 0.2) is 11.5 Å². The third-order valence-electron chi connectivity index (χ3n) is 6.02. The van der Waals surface area contributed by atoms with Gasteiger partial charge in [-0.3, -0.25) is 0 Å². The van der Waals surface area contributed by atoms with Gasteiger partial charge in [0.05, 0.1) is 13.2 Å². The van der Waals surface area contributed by atoms with Crippen LogP contribution in [0, 0.1) is 0 Å². The van der Waals surface area contributed by atoms with Gasteiger partial charge in [0.25, 0.3) is 0 Å². The van der Waals surface area contributed by atoms with Crippen molar-refractivity contribution in [3.05, 3.63) is 71.8 Å². The number of ether oxygens (including phenoxy) is 2. The average molecular weight is 365 g/mol. The van der Waals surface area contributed by atoms with E-state index in [1.165, 1.54) is 5.56 Å². The van der Waals surface area contributed by atoms with E-state index in [1.54, 1.807) is 7.11 Å². The molecule has 2 aromatic rings. The van der Waals surface area contributed by atoms with Crippen LogP contribution in [-0.4, -0.2) is 42.9 Å². The van der Waals surface area contributed by atoms with Crippen molar-refractivity contribution in [2.45, 2.75) is 37.0 Å². The molecule has 0 aromatic heterocycles. The normalized spacial score (nSPS) is 27.4. The van der Waals surface area contributed by atoms with E-state index in [2.05, 4.69) is 42.3 Å². The molecule has 142 valence electrons. The van der Waals surface area contributed by atoms with E-state index >= 15 is 0 Å². The number of nitrogens with zero attached hydrogens (tertiary/aromatic N) is 1. The van der Waals surface area contributed by atoms with Crippen molar-refractivity contribution in [1.29, 1.82) is 0 Å². The molecule has 0 unspecified atom stereocenters. The van der Waals surface area contributed by atoms with Crippen molar-refractivity contribution in [2.75, 3.05) is 20.7 Å². The first-order chi connectivity index (χ1) is 13.1. The summed E-state index contributed by atoms with van der Waals surface area (Å²) in [7, 11) is 3.82. The molecule has 0 saturated carbocycles. The van der Waals surface area contributed by atoms with Crippen LogP contribution in [0.4, 0.5) is 0 Å². The van der Waals surface area contributed by atoms with Crippen LogP contribution >= 0.6 is 0 Å². The molecule has 0 bridgehead atoms. The minimum absolute atomic E-state index is 0.0783. The molecule has 2 aliphatic rings. The molecule has 1 aliphatic carbocycles. The van der Waals surface area contributed by atoms with Crippen molar-refractivity contribution >= 4 is 0 Å². The van der Waals surface area contributed by atoms with Crippen LogP contribution in [0.15, 0.2) is 60.7 Å². The zero-order chi connectivity index (χ0) is 18.9. The summed E-state index contributed by atoms with van der Waals surface area (Å²) in [6, 6.07) is 16.7. The Morgan fingerprint density at radius 1 is 1.15 bits per heavy atom. The number of aliphatic hydroxyl groups excluding tert-OH is 1. The molecule has 4 rings (SSSR count). The highest BCUT2D eigenvalue weighted by Gasteiger charge is 2.48. The first-order valence-corrected chi connectivity index (χ1v) is 9.55. The number of benzene rings is 2. The fraction of sp³-hybridized carbons (Fsp3) is 0.391. The number of likely N-dealkylation sites (tertiary alicyclic amines) is 1. The van der Waals surface area contributed by atoms with Crippen molar-refractivity contribution in [3.63, 3.8) is 0 Å². The second kappa shape index (κ2) is 7.37. The van der Waals surface area contributed by atoms with Gasteiger partial charge >= 0.3 is 0 Å². The Kier molecular flexibility index (Phi) is 4.94. The van der Waals surface area contributed by atoms with E-state index in [9.17, 15) is 5.11 Å². The third kappa shape index (κ3) is 3.35. The van der Waals surface area contributed by atoms with E-state index < -0.39 is 0 Å². The SMILES string of the molecule is COc1ccc([C@@]23C=C[C@@H](O)C[C@@H]2N(C)CC3)cc1OCc1ccccc1. The second-order valence-corrected chi connectivity index (χ2v) is 7.59. The Bertz CT molecular complexity index is 820. The molecule has 1 fully saturated rings. The van der Waals surface area contributed by atoms with Crippen molar-refractivity contribution in [1.82, 2.24) is 4.90 Å². The fourth-order valence-electron chi connectivity index (χ4n) is 4.50. The van der Waals surface area contributed by atoms with Gasteiger partial charge in [-0.1, -0.05) is 48.6 Å². The zero-order valence-electron chi connectivity index (χ0n) is 16.0. The first kappa shape index (κ1) is 18.1. The highest BCUT2D eigenvalue weighted by Crippen LogP contribution is 2.47. The molecule has 1 N–H and O–H groups in total. The summed E-state index contributed by atoms with van der Waals surface area (Å²) in [4.78, 5) is 2.36. The van der Waals surface area contributed by atoms with E-state index in [4.69, 9.17) is 9.47 Å². The summed E-state index contributed by atoms with van der Waals surface area (Å²) in [5.41, 5.74) is 2.27. The third-order valence-corrected chi connectivity index (χ3v) is 6.02. The maximum absolute atomic E-state index is 10.1. The quantitative estimate of drug-likeness (QED) is 0.823. The Labute approximate surface area is 161 Å². The maximum Gasteiger partial charge on any atom is 0.161 e. The largest absolute Gasteiger partial charge is 0.493 e. The Morgan fingerprint density at radius 3 is 2.74 bits per heavy atom. The highest BCUT2D eigenvalue weighted by molar-refractivity contribution is 5.49. The van der Waals surface area contributed by atoms with Crippen molar-refractivity contribution < 1.29 is 14.6 Å². The number of hydrogen-bond acceptors (Lipinski definition) is 4. The molecule has 4 heteroatoms.